The fourth-order valence-corrected chi connectivity index (χ4v) is 3.89. The van der Waals surface area contributed by atoms with Gasteiger partial charge in [0.1, 0.15) is 0 Å². The lowest BCUT2D eigenvalue weighted by molar-refractivity contribution is 0.176. The van der Waals surface area contributed by atoms with Crippen LogP contribution in [0.3, 0.4) is 0 Å². The van der Waals surface area contributed by atoms with E-state index in [1.807, 2.05) is 0 Å². The molecular formula is C12H26N4O3S. The highest BCUT2D eigenvalue weighted by Crippen LogP contribution is 2.16. The molecule has 1 rings (SSSR count). The predicted molar refractivity (Wildman–Crippen MR) is 78.9 cm³/mol. The van der Waals surface area contributed by atoms with E-state index >= 15 is 0 Å². The van der Waals surface area contributed by atoms with E-state index in [0.717, 1.165) is 25.7 Å². The number of nitrogens with one attached hydrogen (secondary N) is 1. The molecule has 0 radical (unpaired) electrons. The van der Waals surface area contributed by atoms with Crippen molar-refractivity contribution in [3.05, 3.63) is 0 Å². The molecule has 1 saturated heterocycles. The third-order valence-corrected chi connectivity index (χ3v) is 5.43. The highest BCUT2D eigenvalue weighted by molar-refractivity contribution is 7.86. The van der Waals surface area contributed by atoms with Crippen molar-refractivity contribution in [2.24, 2.45) is 5.73 Å². The van der Waals surface area contributed by atoms with Gasteiger partial charge in [-0.2, -0.15) is 17.0 Å². The van der Waals surface area contributed by atoms with Gasteiger partial charge in [0.2, 0.25) is 0 Å². The van der Waals surface area contributed by atoms with Crippen LogP contribution in [-0.4, -0.2) is 62.8 Å². The van der Waals surface area contributed by atoms with Crippen molar-refractivity contribution >= 4 is 16.0 Å². The van der Waals surface area contributed by atoms with Gasteiger partial charge in [0.05, 0.1) is 12.4 Å². The van der Waals surface area contributed by atoms with Crippen LogP contribution in [0.4, 0.5) is 0 Å². The lowest BCUT2D eigenvalue weighted by Gasteiger charge is -2.29. The van der Waals surface area contributed by atoms with E-state index in [1.165, 1.54) is 4.31 Å². The highest BCUT2D eigenvalue weighted by atomic mass is 32.2. The number of nitrogens with zero attached hydrogens (tertiary/aromatic N) is 2. The second-order valence-corrected chi connectivity index (χ2v) is 6.92. The summed E-state index contributed by atoms with van der Waals surface area (Å²) in [6.07, 6.45) is 4.22. The summed E-state index contributed by atoms with van der Waals surface area (Å²) in [6, 6.07) is 0. The highest BCUT2D eigenvalue weighted by Gasteiger charge is 2.29. The molecule has 7 nitrogen and oxygen atoms in total. The fourth-order valence-electron chi connectivity index (χ4n) is 2.22. The Morgan fingerprint density at radius 1 is 1.25 bits per heavy atom. The minimum atomic E-state index is -3.48. The topological polar surface area (TPSA) is 99.7 Å². The first-order valence-corrected chi connectivity index (χ1v) is 8.45. The van der Waals surface area contributed by atoms with Crippen molar-refractivity contribution in [3.8, 4) is 0 Å². The molecule has 1 aliphatic heterocycles. The van der Waals surface area contributed by atoms with Crippen LogP contribution in [-0.2, 0) is 14.9 Å². The Bertz CT molecular complexity index is 392. The van der Waals surface area contributed by atoms with E-state index in [9.17, 15) is 8.42 Å². The van der Waals surface area contributed by atoms with E-state index < -0.39 is 10.2 Å². The van der Waals surface area contributed by atoms with Crippen molar-refractivity contribution < 1.29 is 13.2 Å². The molecule has 0 aromatic heterocycles. The zero-order chi connectivity index (χ0) is 15.0. The molecule has 0 aromatic rings. The molecule has 1 heterocycles. The minimum Gasteiger partial charge on any atom is -0.388 e. The molecule has 20 heavy (non-hydrogen) atoms. The van der Waals surface area contributed by atoms with Gasteiger partial charge in [0.25, 0.3) is 10.2 Å². The molecule has 0 saturated carbocycles. The molecule has 3 N–H and O–H groups in total. The Balaban J connectivity index is 2.75. The smallest absolute Gasteiger partial charge is 0.282 e. The van der Waals surface area contributed by atoms with Gasteiger partial charge in [-0.25, -0.2) is 0 Å². The Hall–Kier alpha value is -0.700. The number of hydrogen-bond acceptors (Lipinski definition) is 4. The van der Waals surface area contributed by atoms with Crippen molar-refractivity contribution in [3.63, 3.8) is 0 Å². The zero-order valence-electron chi connectivity index (χ0n) is 12.2. The lowest BCUT2D eigenvalue weighted by Crippen LogP contribution is -2.46. The van der Waals surface area contributed by atoms with E-state index in [0.29, 0.717) is 26.2 Å². The van der Waals surface area contributed by atoms with Crippen LogP contribution in [0.15, 0.2) is 0 Å². The second-order valence-electron chi connectivity index (χ2n) is 4.99. The van der Waals surface area contributed by atoms with Crippen molar-refractivity contribution in [2.75, 3.05) is 39.9 Å². The van der Waals surface area contributed by atoms with Gasteiger partial charge >= 0.3 is 0 Å². The van der Waals surface area contributed by atoms with Gasteiger partial charge < -0.3 is 10.5 Å². The first kappa shape index (κ1) is 17.4. The van der Waals surface area contributed by atoms with E-state index in [1.54, 1.807) is 11.4 Å². The van der Waals surface area contributed by atoms with Gasteiger partial charge in [0, 0.05) is 39.7 Å². The van der Waals surface area contributed by atoms with Crippen molar-refractivity contribution in [1.82, 2.24) is 8.61 Å². The largest absolute Gasteiger partial charge is 0.388 e. The third-order valence-electron chi connectivity index (χ3n) is 3.39. The monoisotopic (exact) mass is 306 g/mol. The normalized spacial score (nSPS) is 18.1. The van der Waals surface area contributed by atoms with Crippen LogP contribution < -0.4 is 5.73 Å². The molecule has 1 aliphatic rings. The molecule has 8 heteroatoms. The summed E-state index contributed by atoms with van der Waals surface area (Å²) in [4.78, 5) is 0. The summed E-state index contributed by atoms with van der Waals surface area (Å²) in [5.41, 5.74) is 5.33. The Morgan fingerprint density at radius 2 is 1.85 bits per heavy atom. The van der Waals surface area contributed by atoms with Crippen molar-refractivity contribution in [1.29, 1.82) is 5.41 Å². The van der Waals surface area contributed by atoms with Crippen LogP contribution >= 0.6 is 0 Å². The third kappa shape index (κ3) is 5.35. The van der Waals surface area contributed by atoms with Crippen molar-refractivity contribution in [2.45, 2.75) is 32.1 Å². The van der Waals surface area contributed by atoms with Crippen LogP contribution in [0.1, 0.15) is 32.1 Å². The summed E-state index contributed by atoms with van der Waals surface area (Å²) >= 11 is 0. The van der Waals surface area contributed by atoms with E-state index in [4.69, 9.17) is 15.9 Å². The van der Waals surface area contributed by atoms with Crippen LogP contribution in [0.5, 0.6) is 0 Å². The maximum atomic E-state index is 12.6. The predicted octanol–water partition coefficient (Wildman–Crippen LogP) is 0.382. The fraction of sp³-hybridized carbons (Fsp3) is 0.917. The molecule has 0 bridgehead atoms. The maximum Gasteiger partial charge on any atom is 0.282 e. The molecule has 0 spiro atoms. The molecule has 0 aliphatic carbocycles. The lowest BCUT2D eigenvalue weighted by atomic mass is 10.2. The van der Waals surface area contributed by atoms with Crippen LogP contribution in [0.25, 0.3) is 0 Å². The van der Waals surface area contributed by atoms with Crippen LogP contribution in [0.2, 0.25) is 0 Å². The summed E-state index contributed by atoms with van der Waals surface area (Å²) in [5.74, 6) is -0.00140. The summed E-state index contributed by atoms with van der Waals surface area (Å²) in [6.45, 7) is 2.02. The molecule has 0 aromatic carbocycles. The molecular weight excluding hydrogens is 280 g/mol. The first-order valence-electron chi connectivity index (χ1n) is 7.05. The number of ether oxygens (including phenoxy) is 1. The summed E-state index contributed by atoms with van der Waals surface area (Å²) in [7, 11) is -1.94. The van der Waals surface area contributed by atoms with E-state index in [2.05, 4.69) is 0 Å². The van der Waals surface area contributed by atoms with Crippen LogP contribution in [0, 0.1) is 5.41 Å². The second kappa shape index (κ2) is 8.56. The average molecular weight is 306 g/mol. The van der Waals surface area contributed by atoms with Gasteiger partial charge in [-0.1, -0.05) is 12.8 Å². The minimum absolute atomic E-state index is 0.00140. The van der Waals surface area contributed by atoms with E-state index in [-0.39, 0.29) is 18.8 Å². The Labute approximate surface area is 121 Å². The Kier molecular flexibility index (Phi) is 7.42. The van der Waals surface area contributed by atoms with Gasteiger partial charge in [0.15, 0.2) is 0 Å². The standard InChI is InChI=1S/C12H26N4O3S/c1-19-11-10-16(9-6-12(13)14)20(17,18)15-7-4-2-3-5-8-15/h2-11H2,1H3,(H3,13,14). The SMILES string of the molecule is COCCN(CCC(=N)N)S(=O)(=O)N1CCCCCC1. The van der Waals surface area contributed by atoms with Gasteiger partial charge in [-0.3, -0.25) is 5.41 Å². The zero-order valence-corrected chi connectivity index (χ0v) is 13.0. The number of rotatable bonds is 8. The first-order chi connectivity index (χ1) is 9.48. The molecule has 0 unspecified atom stereocenters. The number of hydrogen-bond donors (Lipinski definition) is 2. The maximum absolute atomic E-state index is 12.6. The molecule has 1 fully saturated rings. The summed E-state index contributed by atoms with van der Waals surface area (Å²) in [5, 5.41) is 7.26. The quantitative estimate of drug-likeness (QED) is 0.500. The average Bonchev–Trinajstić information content (AvgIpc) is 2.67. The molecule has 118 valence electrons. The number of amidine groups is 1. The molecule has 0 atom stereocenters. The number of nitrogens with two attached hydrogens (primary N) is 1. The van der Waals surface area contributed by atoms with Gasteiger partial charge in [-0.15, -0.1) is 0 Å². The number of methoxy groups -OCH3 is 1. The summed E-state index contributed by atoms with van der Waals surface area (Å²) < 4.78 is 33.2. The Morgan fingerprint density at radius 3 is 2.35 bits per heavy atom. The molecule has 0 amide bonds. The van der Waals surface area contributed by atoms with Gasteiger partial charge in [-0.05, 0) is 12.8 Å².